The highest BCUT2D eigenvalue weighted by Crippen LogP contribution is 2.41. The van der Waals surface area contributed by atoms with Crippen molar-refractivity contribution in [3.05, 3.63) is 63.3 Å². The van der Waals surface area contributed by atoms with E-state index in [1.807, 2.05) is 0 Å². The van der Waals surface area contributed by atoms with Gasteiger partial charge in [-0.1, -0.05) is 101 Å². The fourth-order valence-corrected chi connectivity index (χ4v) is 4.45. The molecule has 0 aromatic heterocycles. The molecule has 0 aliphatic heterocycles. The highest BCUT2D eigenvalue weighted by Gasteiger charge is 2.34. The summed E-state index contributed by atoms with van der Waals surface area (Å²) in [6.45, 7) is 27.8. The summed E-state index contributed by atoms with van der Waals surface area (Å²) < 4.78 is 0. The number of aromatic hydroxyl groups is 1. The lowest BCUT2D eigenvalue weighted by atomic mass is 9.71. The normalized spacial score (nSPS) is 15.9. The monoisotopic (exact) mass is 464 g/mol. The van der Waals surface area contributed by atoms with Gasteiger partial charge in [0.2, 0.25) is 0 Å². The molecule has 0 saturated heterocycles. The first-order valence-electron chi connectivity index (χ1n) is 12.7. The highest BCUT2D eigenvalue weighted by molar-refractivity contribution is 6.11. The molecule has 1 aliphatic carbocycles. The summed E-state index contributed by atoms with van der Waals surface area (Å²) >= 11 is 0. The van der Waals surface area contributed by atoms with E-state index in [1.54, 1.807) is 0 Å². The average Bonchev–Trinajstić information content (AvgIpc) is 2.63. The van der Waals surface area contributed by atoms with Gasteiger partial charge in [-0.15, -0.1) is 0 Å². The van der Waals surface area contributed by atoms with Crippen LogP contribution in [0.25, 0.3) is 0 Å². The molecule has 34 heavy (non-hydrogen) atoms. The second-order valence-electron chi connectivity index (χ2n) is 14.2. The third kappa shape index (κ3) is 6.32. The van der Waals surface area contributed by atoms with Gasteiger partial charge in [-0.3, -0.25) is 4.79 Å². The molecule has 1 aliphatic rings. The maximum absolute atomic E-state index is 13.3. The van der Waals surface area contributed by atoms with Gasteiger partial charge in [-0.25, -0.2) is 0 Å². The SMILES string of the molecule is CC(CCc1cc(C(C)(C)C)c(O)c(C(C)(C)C)c1)=C1C=C(C(C)(C)C)C(=O)C(C(C)(C)C)=C1. The number of carbonyl (C=O) groups is 1. The van der Waals surface area contributed by atoms with Crippen molar-refractivity contribution in [2.75, 3.05) is 0 Å². The molecule has 0 heterocycles. The molecule has 1 aromatic rings. The van der Waals surface area contributed by atoms with Gasteiger partial charge in [0.1, 0.15) is 5.75 Å². The van der Waals surface area contributed by atoms with Crippen LogP contribution >= 0.6 is 0 Å². The van der Waals surface area contributed by atoms with Gasteiger partial charge < -0.3 is 5.11 Å². The molecule has 1 aromatic carbocycles. The summed E-state index contributed by atoms with van der Waals surface area (Å²) in [4.78, 5) is 13.3. The average molecular weight is 465 g/mol. The molecule has 0 fully saturated rings. The van der Waals surface area contributed by atoms with E-state index in [-0.39, 0.29) is 27.4 Å². The quantitative estimate of drug-likeness (QED) is 0.485. The maximum Gasteiger partial charge on any atom is 0.186 e. The largest absolute Gasteiger partial charge is 0.507 e. The van der Waals surface area contributed by atoms with Crippen molar-refractivity contribution in [1.29, 1.82) is 0 Å². The third-order valence-corrected chi connectivity index (χ3v) is 6.77. The molecule has 0 amide bonds. The Morgan fingerprint density at radius 2 is 1.09 bits per heavy atom. The second-order valence-corrected chi connectivity index (χ2v) is 14.2. The molecular weight excluding hydrogens is 416 g/mol. The number of phenolic OH excluding ortho intramolecular Hbond substituents is 1. The van der Waals surface area contributed by atoms with E-state index in [4.69, 9.17) is 0 Å². The Hall–Kier alpha value is -2.09. The van der Waals surface area contributed by atoms with Crippen LogP contribution in [0.2, 0.25) is 0 Å². The highest BCUT2D eigenvalue weighted by atomic mass is 16.3. The van der Waals surface area contributed by atoms with Gasteiger partial charge in [0.15, 0.2) is 5.78 Å². The molecule has 0 saturated carbocycles. The van der Waals surface area contributed by atoms with Crippen molar-refractivity contribution in [1.82, 2.24) is 0 Å². The zero-order valence-electron chi connectivity index (χ0n) is 24.1. The van der Waals surface area contributed by atoms with Gasteiger partial charge in [-0.05, 0) is 75.8 Å². The molecule has 0 bridgehead atoms. The number of Topliss-reactive ketones (excluding diaryl/α,β-unsaturated/α-hetero) is 1. The van der Waals surface area contributed by atoms with E-state index < -0.39 is 0 Å². The number of hydrogen-bond donors (Lipinski definition) is 1. The number of carbonyl (C=O) groups excluding carboxylic acids is 1. The van der Waals surface area contributed by atoms with E-state index in [1.165, 1.54) is 16.7 Å². The number of phenols is 1. The maximum atomic E-state index is 13.3. The van der Waals surface area contributed by atoms with Crippen LogP contribution in [0, 0.1) is 10.8 Å². The standard InChI is InChI=1S/C32H48O2/c1-20(22-18-25(31(8,9)10)28(34)26(19-22)32(11,12)13)14-15-21-16-23(29(2,3)4)27(33)24(17-21)30(5,6)7/h16-19,33H,14-15H2,1-13H3. The third-order valence-electron chi connectivity index (χ3n) is 6.77. The van der Waals surface area contributed by atoms with Crippen LogP contribution in [0.1, 0.15) is 113 Å². The molecule has 0 radical (unpaired) electrons. The van der Waals surface area contributed by atoms with Gasteiger partial charge in [-0.2, -0.15) is 0 Å². The Morgan fingerprint density at radius 1 is 0.706 bits per heavy atom. The van der Waals surface area contributed by atoms with Gasteiger partial charge in [0, 0.05) is 11.1 Å². The fraction of sp³-hybridized carbons (Fsp3) is 0.594. The Labute approximate surface area is 209 Å². The van der Waals surface area contributed by atoms with E-state index >= 15 is 0 Å². The lowest BCUT2D eigenvalue weighted by Crippen LogP contribution is -2.28. The summed E-state index contributed by atoms with van der Waals surface area (Å²) in [7, 11) is 0. The molecule has 0 atom stereocenters. The van der Waals surface area contributed by atoms with Gasteiger partial charge >= 0.3 is 0 Å². The molecule has 2 nitrogen and oxygen atoms in total. The fourth-order valence-electron chi connectivity index (χ4n) is 4.45. The van der Waals surface area contributed by atoms with Crippen molar-refractivity contribution in [2.24, 2.45) is 10.8 Å². The van der Waals surface area contributed by atoms with Gasteiger partial charge in [0.05, 0.1) is 0 Å². The van der Waals surface area contributed by atoms with E-state index in [9.17, 15) is 9.90 Å². The number of rotatable bonds is 3. The van der Waals surface area contributed by atoms with Crippen molar-refractivity contribution in [2.45, 2.75) is 114 Å². The predicted molar refractivity (Wildman–Crippen MR) is 147 cm³/mol. The molecule has 188 valence electrons. The first-order chi connectivity index (χ1) is 15.1. The summed E-state index contributed by atoms with van der Waals surface area (Å²) in [5, 5.41) is 11.0. The minimum absolute atomic E-state index is 0.133. The van der Waals surface area contributed by atoms with Crippen LogP contribution in [-0.2, 0) is 22.0 Å². The molecular formula is C32H48O2. The summed E-state index contributed by atoms with van der Waals surface area (Å²) in [5.41, 5.74) is 6.84. The van der Waals surface area contributed by atoms with E-state index in [2.05, 4.69) is 114 Å². The minimum atomic E-state index is -0.201. The van der Waals surface area contributed by atoms with Gasteiger partial charge in [0.25, 0.3) is 0 Å². The van der Waals surface area contributed by atoms with Crippen LogP contribution in [0.15, 0.2) is 46.6 Å². The Bertz CT molecular complexity index is 975. The van der Waals surface area contributed by atoms with E-state index in [0.717, 1.165) is 35.1 Å². The Balaban J connectivity index is 2.53. The first-order valence-corrected chi connectivity index (χ1v) is 12.7. The van der Waals surface area contributed by atoms with Crippen LogP contribution in [0.5, 0.6) is 5.75 Å². The molecule has 2 rings (SSSR count). The topological polar surface area (TPSA) is 37.3 Å². The molecule has 0 spiro atoms. The predicted octanol–water partition coefficient (Wildman–Crippen LogP) is 8.76. The summed E-state index contributed by atoms with van der Waals surface area (Å²) in [6, 6.07) is 4.36. The van der Waals surface area contributed by atoms with Crippen LogP contribution in [0.3, 0.4) is 0 Å². The van der Waals surface area contributed by atoms with Crippen molar-refractivity contribution >= 4 is 5.78 Å². The van der Waals surface area contributed by atoms with Crippen molar-refractivity contribution in [3.8, 4) is 5.75 Å². The lowest BCUT2D eigenvalue weighted by Gasteiger charge is -2.32. The Morgan fingerprint density at radius 3 is 1.41 bits per heavy atom. The Kier molecular flexibility index (Phi) is 7.59. The molecule has 1 N–H and O–H groups in total. The zero-order chi connectivity index (χ0) is 26.4. The number of aryl methyl sites for hydroxylation is 1. The molecule has 0 unspecified atom stereocenters. The summed E-state index contributed by atoms with van der Waals surface area (Å²) in [6.07, 6.45) is 6.03. The summed E-state index contributed by atoms with van der Waals surface area (Å²) in [5.74, 6) is 0.611. The zero-order valence-corrected chi connectivity index (χ0v) is 24.1. The number of benzene rings is 1. The van der Waals surface area contributed by atoms with Crippen molar-refractivity contribution in [3.63, 3.8) is 0 Å². The van der Waals surface area contributed by atoms with Crippen LogP contribution in [-0.4, -0.2) is 10.9 Å². The molecule has 2 heteroatoms. The van der Waals surface area contributed by atoms with E-state index in [0.29, 0.717) is 5.75 Å². The number of allylic oxidation sites excluding steroid dienone is 6. The smallest absolute Gasteiger partial charge is 0.186 e. The second kappa shape index (κ2) is 9.17. The van der Waals surface area contributed by atoms with Crippen molar-refractivity contribution < 1.29 is 9.90 Å². The van der Waals surface area contributed by atoms with Crippen LogP contribution < -0.4 is 0 Å². The minimum Gasteiger partial charge on any atom is -0.507 e. The lowest BCUT2D eigenvalue weighted by molar-refractivity contribution is -0.114. The first kappa shape index (κ1) is 28.1. The number of ketones is 1. The number of hydrogen-bond acceptors (Lipinski definition) is 2. The van der Waals surface area contributed by atoms with Crippen LogP contribution in [0.4, 0.5) is 0 Å².